The number of aromatic nitrogens is 3. The van der Waals surface area contributed by atoms with E-state index in [-0.39, 0.29) is 24.8 Å². The molecule has 2 fully saturated rings. The molecule has 9 heteroatoms. The van der Waals surface area contributed by atoms with Crippen molar-refractivity contribution in [1.29, 1.82) is 5.26 Å². The number of hydrogen-bond acceptors (Lipinski definition) is 8. The fraction of sp³-hybridized carbons (Fsp3) is 0.556. The quantitative estimate of drug-likeness (QED) is 0.740. The van der Waals surface area contributed by atoms with Gasteiger partial charge in [-0.1, -0.05) is 6.42 Å². The zero-order valence-corrected chi connectivity index (χ0v) is 14.7. The Morgan fingerprint density at radius 2 is 2.33 bits per heavy atom. The monoisotopic (exact) mass is 371 g/mol. The van der Waals surface area contributed by atoms with Crippen LogP contribution in [0, 0.1) is 17.2 Å². The molecular formula is C18H21N5O4. The predicted octanol–water partition coefficient (Wildman–Crippen LogP) is 0.914. The summed E-state index contributed by atoms with van der Waals surface area (Å²) in [6, 6.07) is 5.38. The molecule has 2 aromatic heterocycles. The molecule has 0 spiro atoms. The van der Waals surface area contributed by atoms with Crippen molar-refractivity contribution in [3.05, 3.63) is 24.2 Å². The van der Waals surface area contributed by atoms with Gasteiger partial charge in [0.1, 0.15) is 30.6 Å². The SMILES string of the molecule is N#C[C@@]1(c2ccc3c(N)ncnn23)O[C@@H](COC(=O)CC2CCC2)C[C@H]1O. The number of nitriles is 1. The lowest BCUT2D eigenvalue weighted by atomic mass is 9.83. The molecule has 1 saturated heterocycles. The number of rotatable bonds is 5. The summed E-state index contributed by atoms with van der Waals surface area (Å²) >= 11 is 0. The lowest BCUT2D eigenvalue weighted by Gasteiger charge is -2.25. The first kappa shape index (κ1) is 17.7. The van der Waals surface area contributed by atoms with Crippen molar-refractivity contribution >= 4 is 17.3 Å². The minimum atomic E-state index is -1.61. The maximum Gasteiger partial charge on any atom is 0.306 e. The van der Waals surface area contributed by atoms with E-state index in [4.69, 9.17) is 15.2 Å². The second-order valence-electron chi connectivity index (χ2n) is 7.18. The molecule has 2 aliphatic rings. The highest BCUT2D eigenvalue weighted by Crippen LogP contribution is 2.40. The van der Waals surface area contributed by atoms with Crippen LogP contribution in [0.25, 0.3) is 5.52 Å². The maximum absolute atomic E-state index is 11.9. The van der Waals surface area contributed by atoms with Gasteiger partial charge in [0.15, 0.2) is 5.82 Å². The highest BCUT2D eigenvalue weighted by atomic mass is 16.6. The summed E-state index contributed by atoms with van der Waals surface area (Å²) in [6.45, 7) is 0.00642. The third-order valence-corrected chi connectivity index (χ3v) is 5.45. The molecule has 142 valence electrons. The van der Waals surface area contributed by atoms with Crippen molar-refractivity contribution in [1.82, 2.24) is 14.6 Å². The van der Waals surface area contributed by atoms with E-state index in [1.54, 1.807) is 12.1 Å². The highest BCUT2D eigenvalue weighted by Gasteiger charge is 2.52. The molecule has 9 nitrogen and oxygen atoms in total. The number of nitrogens with zero attached hydrogens (tertiary/aromatic N) is 4. The van der Waals surface area contributed by atoms with Crippen LogP contribution in [0.4, 0.5) is 5.82 Å². The molecule has 2 aromatic rings. The molecule has 3 N–H and O–H groups in total. The number of carbonyl (C=O) groups is 1. The second-order valence-corrected chi connectivity index (χ2v) is 7.18. The third-order valence-electron chi connectivity index (χ3n) is 5.45. The molecule has 3 atom stereocenters. The van der Waals surface area contributed by atoms with E-state index in [0.717, 1.165) is 12.8 Å². The third kappa shape index (κ3) is 3.01. The number of anilines is 1. The maximum atomic E-state index is 11.9. The zero-order chi connectivity index (χ0) is 19.0. The summed E-state index contributed by atoms with van der Waals surface area (Å²) in [4.78, 5) is 15.8. The molecule has 0 unspecified atom stereocenters. The molecule has 1 aliphatic carbocycles. The van der Waals surface area contributed by atoms with Crippen LogP contribution in [0.5, 0.6) is 0 Å². The number of hydrogen-bond donors (Lipinski definition) is 2. The summed E-state index contributed by atoms with van der Waals surface area (Å²) in [6.07, 6.45) is 3.50. The van der Waals surface area contributed by atoms with Crippen molar-refractivity contribution in [2.45, 2.75) is 49.9 Å². The van der Waals surface area contributed by atoms with Gasteiger partial charge in [0.2, 0.25) is 5.60 Å². The van der Waals surface area contributed by atoms with E-state index < -0.39 is 17.8 Å². The average molecular weight is 371 g/mol. The minimum absolute atomic E-state index is 0.00642. The van der Waals surface area contributed by atoms with Crippen molar-refractivity contribution in [2.75, 3.05) is 12.3 Å². The van der Waals surface area contributed by atoms with E-state index in [9.17, 15) is 15.2 Å². The number of carbonyl (C=O) groups excluding carboxylic acids is 1. The Balaban J connectivity index is 1.50. The van der Waals surface area contributed by atoms with Gasteiger partial charge >= 0.3 is 5.97 Å². The summed E-state index contributed by atoms with van der Waals surface area (Å²) in [5.41, 5.74) is 5.11. The Kier molecular flexibility index (Phi) is 4.45. The Hall–Kier alpha value is -2.70. The number of aliphatic hydroxyl groups excluding tert-OH is 1. The first-order chi connectivity index (χ1) is 13.0. The van der Waals surface area contributed by atoms with Gasteiger partial charge in [-0.25, -0.2) is 9.50 Å². The van der Waals surface area contributed by atoms with Gasteiger partial charge in [0.05, 0.1) is 11.8 Å². The summed E-state index contributed by atoms with van der Waals surface area (Å²) < 4.78 is 12.6. The Bertz CT molecular complexity index is 903. The van der Waals surface area contributed by atoms with Gasteiger partial charge in [-0.15, -0.1) is 0 Å². The van der Waals surface area contributed by atoms with E-state index >= 15 is 0 Å². The lowest BCUT2D eigenvalue weighted by molar-refractivity contribution is -0.151. The van der Waals surface area contributed by atoms with Crippen LogP contribution in [0.15, 0.2) is 18.5 Å². The molecule has 27 heavy (non-hydrogen) atoms. The van der Waals surface area contributed by atoms with Crippen LogP contribution in [-0.4, -0.2) is 44.5 Å². The van der Waals surface area contributed by atoms with Crippen molar-refractivity contribution < 1.29 is 19.4 Å². The summed E-state index contributed by atoms with van der Waals surface area (Å²) in [5, 5.41) is 24.5. The Labute approximate surface area is 155 Å². The smallest absolute Gasteiger partial charge is 0.306 e. The second kappa shape index (κ2) is 6.79. The molecule has 4 rings (SSSR count). The van der Waals surface area contributed by atoms with Crippen LogP contribution in [0.3, 0.4) is 0 Å². The van der Waals surface area contributed by atoms with E-state index in [1.807, 2.05) is 0 Å². The molecule has 1 aliphatic heterocycles. The van der Waals surface area contributed by atoms with Gasteiger partial charge in [0.25, 0.3) is 0 Å². The van der Waals surface area contributed by atoms with Crippen LogP contribution < -0.4 is 5.73 Å². The topological polar surface area (TPSA) is 136 Å². The number of nitrogens with two attached hydrogens (primary N) is 1. The molecule has 0 radical (unpaired) electrons. The van der Waals surface area contributed by atoms with Crippen molar-refractivity contribution in [3.8, 4) is 6.07 Å². The first-order valence-corrected chi connectivity index (χ1v) is 9.05. The molecule has 0 amide bonds. The van der Waals surface area contributed by atoms with Gasteiger partial charge in [-0.3, -0.25) is 4.79 Å². The number of fused-ring (bicyclic) bond motifs is 1. The van der Waals surface area contributed by atoms with Crippen LogP contribution in [0.1, 0.15) is 37.8 Å². The lowest BCUT2D eigenvalue weighted by Crippen LogP contribution is -2.36. The molecule has 1 saturated carbocycles. The van der Waals surface area contributed by atoms with E-state index in [2.05, 4.69) is 16.2 Å². The number of nitrogen functional groups attached to an aromatic ring is 1. The van der Waals surface area contributed by atoms with E-state index in [1.165, 1.54) is 17.3 Å². The fourth-order valence-electron chi connectivity index (χ4n) is 3.71. The number of aliphatic hydroxyl groups is 1. The van der Waals surface area contributed by atoms with Gasteiger partial charge in [0, 0.05) is 12.8 Å². The number of esters is 1. The first-order valence-electron chi connectivity index (χ1n) is 9.05. The summed E-state index contributed by atoms with van der Waals surface area (Å²) in [5.74, 6) is 0.419. The van der Waals surface area contributed by atoms with Crippen LogP contribution >= 0.6 is 0 Å². The van der Waals surface area contributed by atoms with E-state index in [0.29, 0.717) is 23.5 Å². The molecule has 0 aromatic carbocycles. The van der Waals surface area contributed by atoms with Crippen molar-refractivity contribution in [2.24, 2.45) is 5.92 Å². The summed E-state index contributed by atoms with van der Waals surface area (Å²) in [7, 11) is 0. The molecule has 3 heterocycles. The highest BCUT2D eigenvalue weighted by molar-refractivity contribution is 5.69. The molecule has 0 bridgehead atoms. The van der Waals surface area contributed by atoms with Gasteiger partial charge in [-0.05, 0) is 30.9 Å². The van der Waals surface area contributed by atoms with Crippen molar-refractivity contribution in [3.63, 3.8) is 0 Å². The number of ether oxygens (including phenoxy) is 2. The zero-order valence-electron chi connectivity index (χ0n) is 14.7. The molecular weight excluding hydrogens is 350 g/mol. The average Bonchev–Trinajstić information content (AvgIpc) is 3.19. The Morgan fingerprint density at radius 3 is 3.04 bits per heavy atom. The Morgan fingerprint density at radius 1 is 1.52 bits per heavy atom. The predicted molar refractivity (Wildman–Crippen MR) is 93.1 cm³/mol. The van der Waals surface area contributed by atoms with Gasteiger partial charge < -0.3 is 20.3 Å². The van der Waals surface area contributed by atoms with Gasteiger partial charge in [-0.2, -0.15) is 10.4 Å². The fourth-order valence-corrected chi connectivity index (χ4v) is 3.71. The normalized spacial score (nSPS) is 28.0. The standard InChI is InChI=1S/C18H21N5O4/c19-9-18(14-5-4-13-17(20)21-10-22-23(13)14)15(24)7-12(27-18)8-26-16(25)6-11-2-1-3-11/h4-5,10-12,15,24H,1-3,6-8H2,(H2,20,21,22)/t12-,15-,18+/m1/s1. The van der Waals surface area contributed by atoms with Crippen LogP contribution in [0.2, 0.25) is 0 Å². The minimum Gasteiger partial charge on any atom is -0.463 e. The largest absolute Gasteiger partial charge is 0.463 e. The van der Waals surface area contributed by atoms with Crippen LogP contribution in [-0.2, 0) is 19.9 Å².